The van der Waals surface area contributed by atoms with Crippen LogP contribution in [0.4, 0.5) is 0 Å². The number of ether oxygens (including phenoxy) is 2. The lowest BCUT2D eigenvalue weighted by molar-refractivity contribution is -0.0589. The van der Waals surface area contributed by atoms with Crippen molar-refractivity contribution in [2.45, 2.75) is 32.4 Å². The Morgan fingerprint density at radius 3 is 2.95 bits per heavy atom. The van der Waals surface area contributed by atoms with Crippen LogP contribution in [0.15, 0.2) is 18.2 Å². The van der Waals surface area contributed by atoms with Crippen molar-refractivity contribution in [3.05, 3.63) is 29.6 Å². The first-order valence-corrected chi connectivity index (χ1v) is 6.92. The highest BCUT2D eigenvalue weighted by molar-refractivity contribution is 5.93. The first kappa shape index (κ1) is 13.1. The Bertz CT molecular complexity index is 644. The Kier molecular flexibility index (Phi) is 3.44. The Balaban J connectivity index is 2.05. The van der Waals surface area contributed by atoms with Crippen LogP contribution in [0.5, 0.6) is 0 Å². The maximum atomic E-state index is 11.7. The van der Waals surface area contributed by atoms with E-state index >= 15 is 0 Å². The lowest BCUT2D eigenvalue weighted by atomic mass is 10.1. The molecule has 1 saturated heterocycles. The first-order chi connectivity index (χ1) is 9.72. The second-order valence-corrected chi connectivity index (χ2v) is 4.97. The molecule has 0 radical (unpaired) electrons. The number of hydrogen-bond donors (Lipinski definition) is 0. The number of hydrogen-bond acceptors (Lipinski definition) is 4. The number of rotatable bonds is 4. The molecule has 1 aromatic heterocycles. The van der Waals surface area contributed by atoms with E-state index in [0.29, 0.717) is 5.56 Å². The number of benzene rings is 1. The van der Waals surface area contributed by atoms with Crippen LogP contribution in [0, 0.1) is 0 Å². The summed E-state index contributed by atoms with van der Waals surface area (Å²) in [6.07, 6.45) is 2.20. The van der Waals surface area contributed by atoms with Crippen LogP contribution in [0.1, 0.15) is 29.5 Å². The molecule has 2 aromatic rings. The van der Waals surface area contributed by atoms with Crippen molar-refractivity contribution >= 4 is 17.0 Å². The van der Waals surface area contributed by atoms with E-state index in [-0.39, 0.29) is 12.1 Å². The normalized spacial score (nSPS) is 18.0. The van der Waals surface area contributed by atoms with E-state index in [4.69, 9.17) is 9.47 Å². The summed E-state index contributed by atoms with van der Waals surface area (Å²) in [6.45, 7) is 3.72. The number of fused-ring (bicyclic) bond motifs is 1. The molecule has 0 unspecified atom stereocenters. The van der Waals surface area contributed by atoms with Gasteiger partial charge in [-0.05, 0) is 24.6 Å². The third-order valence-electron chi connectivity index (χ3n) is 3.74. The second-order valence-electron chi connectivity index (χ2n) is 4.97. The summed E-state index contributed by atoms with van der Waals surface area (Å²) in [7, 11) is 1.39. The smallest absolute Gasteiger partial charge is 0.337 e. The summed E-state index contributed by atoms with van der Waals surface area (Å²) < 4.78 is 12.4. The average molecular weight is 274 g/mol. The van der Waals surface area contributed by atoms with E-state index < -0.39 is 0 Å². The molecule has 0 N–H and O–H groups in total. The summed E-state index contributed by atoms with van der Waals surface area (Å²) in [5.74, 6) is 0.704. The fourth-order valence-corrected chi connectivity index (χ4v) is 2.52. The molecule has 20 heavy (non-hydrogen) atoms. The van der Waals surface area contributed by atoms with E-state index in [1.165, 1.54) is 7.11 Å². The number of aromatic nitrogens is 2. The number of esters is 1. The Morgan fingerprint density at radius 2 is 2.35 bits per heavy atom. The van der Waals surface area contributed by atoms with Gasteiger partial charge >= 0.3 is 5.97 Å². The molecule has 5 nitrogen and oxygen atoms in total. The van der Waals surface area contributed by atoms with Crippen molar-refractivity contribution in [2.75, 3.05) is 13.7 Å². The van der Waals surface area contributed by atoms with Crippen molar-refractivity contribution < 1.29 is 14.3 Å². The molecule has 0 saturated carbocycles. The number of methoxy groups -OCH3 is 1. The minimum absolute atomic E-state index is 0.263. The predicted molar refractivity (Wildman–Crippen MR) is 74.8 cm³/mol. The standard InChI is InChI=1S/C15H18N2O3/c1-3-14-16-12-5-4-10(15(18)19-2)8-13(12)17(14)9-11-6-7-20-11/h4-5,8,11H,3,6-7,9H2,1-2H3/t11-/m0/s1. The van der Waals surface area contributed by atoms with Gasteiger partial charge in [-0.1, -0.05) is 6.92 Å². The van der Waals surface area contributed by atoms with Crippen LogP contribution in [0.3, 0.4) is 0 Å². The molecular weight excluding hydrogens is 256 g/mol. The van der Waals surface area contributed by atoms with Gasteiger partial charge in [0.1, 0.15) is 5.82 Å². The highest BCUT2D eigenvalue weighted by atomic mass is 16.5. The third-order valence-corrected chi connectivity index (χ3v) is 3.74. The van der Waals surface area contributed by atoms with Gasteiger partial charge in [-0.3, -0.25) is 0 Å². The average Bonchev–Trinajstić information content (AvgIpc) is 2.78. The van der Waals surface area contributed by atoms with E-state index in [1.807, 2.05) is 12.1 Å². The monoisotopic (exact) mass is 274 g/mol. The molecule has 5 heteroatoms. The van der Waals surface area contributed by atoms with Crippen LogP contribution in [-0.2, 0) is 22.4 Å². The fraction of sp³-hybridized carbons (Fsp3) is 0.467. The molecule has 1 atom stereocenters. The van der Waals surface area contributed by atoms with Gasteiger partial charge in [-0.15, -0.1) is 0 Å². The molecule has 2 heterocycles. The maximum Gasteiger partial charge on any atom is 0.337 e. The van der Waals surface area contributed by atoms with Gasteiger partial charge < -0.3 is 14.0 Å². The third kappa shape index (κ3) is 2.18. The molecule has 0 spiro atoms. The summed E-state index contributed by atoms with van der Waals surface area (Å²) in [5.41, 5.74) is 2.44. The van der Waals surface area contributed by atoms with Crippen LogP contribution in [-0.4, -0.2) is 35.3 Å². The summed E-state index contributed by atoms with van der Waals surface area (Å²) >= 11 is 0. The van der Waals surface area contributed by atoms with Gasteiger partial charge in [0.15, 0.2) is 0 Å². The number of aryl methyl sites for hydroxylation is 1. The maximum absolute atomic E-state index is 11.7. The van der Waals surface area contributed by atoms with Crippen LogP contribution in [0.25, 0.3) is 11.0 Å². The van der Waals surface area contributed by atoms with Gasteiger partial charge in [-0.2, -0.15) is 0 Å². The summed E-state index contributed by atoms with van der Waals surface area (Å²) in [6, 6.07) is 5.48. The Morgan fingerprint density at radius 1 is 1.55 bits per heavy atom. The van der Waals surface area contributed by atoms with Gasteiger partial charge in [0.05, 0.1) is 36.4 Å². The quantitative estimate of drug-likeness (QED) is 0.802. The SMILES string of the molecule is CCc1nc2ccc(C(=O)OC)cc2n1C[C@@H]1CCO1. The molecule has 3 rings (SSSR count). The highest BCUT2D eigenvalue weighted by Gasteiger charge is 2.21. The van der Waals surface area contributed by atoms with Crippen LogP contribution in [0.2, 0.25) is 0 Å². The number of imidazole rings is 1. The molecule has 0 bridgehead atoms. The van der Waals surface area contributed by atoms with Gasteiger partial charge in [0, 0.05) is 13.0 Å². The van der Waals surface area contributed by atoms with Crippen molar-refractivity contribution in [2.24, 2.45) is 0 Å². The topological polar surface area (TPSA) is 53.3 Å². The zero-order chi connectivity index (χ0) is 14.1. The minimum Gasteiger partial charge on any atom is -0.465 e. The van der Waals surface area contributed by atoms with E-state index in [9.17, 15) is 4.79 Å². The van der Waals surface area contributed by atoms with Crippen molar-refractivity contribution in [1.82, 2.24) is 9.55 Å². The van der Waals surface area contributed by atoms with Crippen molar-refractivity contribution in [1.29, 1.82) is 0 Å². The lowest BCUT2D eigenvalue weighted by Gasteiger charge is -2.27. The number of carbonyl (C=O) groups excluding carboxylic acids is 1. The van der Waals surface area contributed by atoms with Gasteiger partial charge in [0.25, 0.3) is 0 Å². The van der Waals surface area contributed by atoms with Crippen LogP contribution < -0.4 is 0 Å². The van der Waals surface area contributed by atoms with Gasteiger partial charge in [-0.25, -0.2) is 9.78 Å². The van der Waals surface area contributed by atoms with Crippen LogP contribution >= 0.6 is 0 Å². The Hall–Kier alpha value is -1.88. The van der Waals surface area contributed by atoms with Crippen molar-refractivity contribution in [3.63, 3.8) is 0 Å². The first-order valence-electron chi connectivity index (χ1n) is 6.92. The summed E-state index contributed by atoms with van der Waals surface area (Å²) in [4.78, 5) is 16.3. The molecular formula is C15H18N2O3. The van der Waals surface area contributed by atoms with Gasteiger partial charge in [0.2, 0.25) is 0 Å². The lowest BCUT2D eigenvalue weighted by Crippen LogP contribution is -2.31. The fourth-order valence-electron chi connectivity index (χ4n) is 2.52. The summed E-state index contributed by atoms with van der Waals surface area (Å²) in [5, 5.41) is 0. The van der Waals surface area contributed by atoms with E-state index in [1.54, 1.807) is 6.07 Å². The minimum atomic E-state index is -0.322. The van der Waals surface area contributed by atoms with E-state index in [2.05, 4.69) is 16.5 Å². The van der Waals surface area contributed by atoms with E-state index in [0.717, 1.165) is 42.9 Å². The molecule has 1 aliphatic rings. The molecule has 1 fully saturated rings. The zero-order valence-electron chi connectivity index (χ0n) is 11.8. The van der Waals surface area contributed by atoms with Crippen molar-refractivity contribution in [3.8, 4) is 0 Å². The predicted octanol–water partition coefficient (Wildman–Crippen LogP) is 2.17. The molecule has 106 valence electrons. The molecule has 1 aromatic carbocycles. The zero-order valence-corrected chi connectivity index (χ0v) is 11.8. The Labute approximate surface area is 117 Å². The molecule has 1 aliphatic heterocycles. The number of nitrogens with zero attached hydrogens (tertiary/aromatic N) is 2. The number of carbonyl (C=O) groups is 1. The second kappa shape index (κ2) is 5.25. The molecule has 0 aliphatic carbocycles. The largest absolute Gasteiger partial charge is 0.465 e. The highest BCUT2D eigenvalue weighted by Crippen LogP contribution is 2.22. The molecule has 0 amide bonds.